The number of rotatable bonds is 12. The smallest absolute Gasteiger partial charge is 0.303 e. The first-order valence-corrected chi connectivity index (χ1v) is 8.32. The fourth-order valence-electron chi connectivity index (χ4n) is 2.29. The number of ketones is 1. The first kappa shape index (κ1) is 20.1. The molecule has 3 N–H and O–H groups in total. The fourth-order valence-corrected chi connectivity index (χ4v) is 2.29. The minimum Gasteiger partial charge on any atom is -0.481 e. The van der Waals surface area contributed by atoms with E-state index >= 15 is 0 Å². The van der Waals surface area contributed by atoms with E-state index in [2.05, 4.69) is 6.92 Å². The zero-order chi connectivity index (χ0) is 17.9. The number of furan rings is 1. The lowest BCUT2D eigenvalue weighted by molar-refractivity contribution is -0.137. The third kappa shape index (κ3) is 7.10. The van der Waals surface area contributed by atoms with E-state index in [9.17, 15) is 19.8 Å². The summed E-state index contributed by atoms with van der Waals surface area (Å²) in [5.74, 6) is -0.753. The van der Waals surface area contributed by atoms with E-state index in [1.165, 1.54) is 12.3 Å². The molecule has 0 aliphatic heterocycles. The van der Waals surface area contributed by atoms with E-state index < -0.39 is 18.2 Å². The van der Waals surface area contributed by atoms with Crippen LogP contribution in [-0.2, 0) is 4.79 Å². The van der Waals surface area contributed by atoms with Gasteiger partial charge in [0.05, 0.1) is 18.5 Å². The Morgan fingerprint density at radius 2 is 1.96 bits per heavy atom. The van der Waals surface area contributed by atoms with Crippen LogP contribution >= 0.6 is 0 Å². The summed E-state index contributed by atoms with van der Waals surface area (Å²) in [5.41, 5.74) is 0.563. The first-order chi connectivity index (χ1) is 11.5. The predicted molar refractivity (Wildman–Crippen MR) is 89.7 cm³/mol. The van der Waals surface area contributed by atoms with Crippen molar-refractivity contribution in [2.45, 2.75) is 64.1 Å². The third-order valence-corrected chi connectivity index (χ3v) is 3.71. The lowest BCUT2D eigenvalue weighted by Gasteiger charge is -2.13. The van der Waals surface area contributed by atoms with E-state index in [-0.39, 0.29) is 30.8 Å². The van der Waals surface area contributed by atoms with Crippen molar-refractivity contribution in [3.63, 3.8) is 0 Å². The Labute approximate surface area is 141 Å². The van der Waals surface area contributed by atoms with Gasteiger partial charge in [-0.1, -0.05) is 31.9 Å². The van der Waals surface area contributed by atoms with Crippen molar-refractivity contribution in [3.05, 3.63) is 29.7 Å². The Hall–Kier alpha value is -1.92. The van der Waals surface area contributed by atoms with Gasteiger partial charge < -0.3 is 19.7 Å². The summed E-state index contributed by atoms with van der Waals surface area (Å²) >= 11 is 0. The van der Waals surface area contributed by atoms with Gasteiger partial charge in [0.1, 0.15) is 0 Å². The number of carboxylic acids is 1. The van der Waals surface area contributed by atoms with E-state index in [1.54, 1.807) is 12.1 Å². The van der Waals surface area contributed by atoms with Crippen molar-refractivity contribution < 1.29 is 29.3 Å². The highest BCUT2D eigenvalue weighted by molar-refractivity contribution is 5.96. The topological polar surface area (TPSA) is 108 Å². The number of Topliss-reactive ketones (excluding diaryl/α,β-unsaturated/α-hetero) is 1. The van der Waals surface area contributed by atoms with Crippen LogP contribution in [0.3, 0.4) is 0 Å². The summed E-state index contributed by atoms with van der Waals surface area (Å²) in [4.78, 5) is 22.5. The maximum Gasteiger partial charge on any atom is 0.303 e. The monoisotopic (exact) mass is 338 g/mol. The Kier molecular flexibility index (Phi) is 9.04. The molecule has 134 valence electrons. The van der Waals surface area contributed by atoms with Crippen molar-refractivity contribution in [1.82, 2.24) is 0 Å². The van der Waals surface area contributed by atoms with Crippen LogP contribution in [0.1, 0.15) is 68.0 Å². The molecule has 0 fully saturated rings. The van der Waals surface area contributed by atoms with Crippen molar-refractivity contribution in [3.8, 4) is 0 Å². The van der Waals surface area contributed by atoms with Crippen LogP contribution in [0.15, 0.2) is 22.8 Å². The molecule has 0 aliphatic carbocycles. The maximum atomic E-state index is 12.1. The highest BCUT2D eigenvalue weighted by Gasteiger charge is 2.16. The number of carbonyl (C=O) groups excluding carboxylic acids is 1. The molecule has 0 aromatic carbocycles. The first-order valence-electron chi connectivity index (χ1n) is 8.32. The molecule has 1 aromatic rings. The second-order valence-corrected chi connectivity index (χ2v) is 5.79. The van der Waals surface area contributed by atoms with Gasteiger partial charge in [0.2, 0.25) is 0 Å². The summed E-state index contributed by atoms with van der Waals surface area (Å²) < 4.78 is 5.23. The van der Waals surface area contributed by atoms with Crippen molar-refractivity contribution >= 4 is 17.8 Å². The second-order valence-electron chi connectivity index (χ2n) is 5.79. The van der Waals surface area contributed by atoms with Crippen LogP contribution in [0.5, 0.6) is 0 Å². The molecule has 0 unspecified atom stereocenters. The van der Waals surface area contributed by atoms with Gasteiger partial charge in [-0.05, 0) is 25.3 Å². The molecule has 0 saturated heterocycles. The quantitative estimate of drug-likeness (QED) is 0.399. The highest BCUT2D eigenvalue weighted by atomic mass is 16.4. The van der Waals surface area contributed by atoms with Crippen LogP contribution < -0.4 is 0 Å². The molecule has 6 heteroatoms. The Morgan fingerprint density at radius 3 is 2.62 bits per heavy atom. The van der Waals surface area contributed by atoms with Crippen LogP contribution in [0.2, 0.25) is 0 Å². The lowest BCUT2D eigenvalue weighted by atomic mass is 10.0. The van der Waals surface area contributed by atoms with E-state index in [4.69, 9.17) is 9.52 Å². The summed E-state index contributed by atoms with van der Waals surface area (Å²) in [6, 6.07) is 1.63. The molecule has 0 aliphatic rings. The van der Waals surface area contributed by atoms with Crippen molar-refractivity contribution in [1.29, 1.82) is 0 Å². The van der Waals surface area contributed by atoms with Gasteiger partial charge >= 0.3 is 5.97 Å². The molecule has 24 heavy (non-hydrogen) atoms. The Morgan fingerprint density at radius 1 is 1.21 bits per heavy atom. The fraction of sp³-hybridized carbons (Fsp3) is 0.556. The van der Waals surface area contributed by atoms with Crippen LogP contribution in [-0.4, -0.2) is 39.3 Å². The predicted octanol–water partition coefficient (Wildman–Crippen LogP) is 3.03. The molecule has 1 heterocycles. The van der Waals surface area contributed by atoms with Crippen LogP contribution in [0, 0.1) is 0 Å². The number of aliphatic carboxylic acids is 1. The molecular weight excluding hydrogens is 312 g/mol. The summed E-state index contributed by atoms with van der Waals surface area (Å²) in [6.07, 6.45) is 5.85. The number of hydrogen-bond donors (Lipinski definition) is 3. The lowest BCUT2D eigenvalue weighted by Crippen LogP contribution is -2.23. The summed E-state index contributed by atoms with van der Waals surface area (Å²) in [7, 11) is 0. The van der Waals surface area contributed by atoms with Gasteiger partial charge in [0.25, 0.3) is 0 Å². The molecule has 6 nitrogen and oxygen atoms in total. The zero-order valence-electron chi connectivity index (χ0n) is 14.0. The normalized spacial score (nSPS) is 14.0. The minimum absolute atomic E-state index is 0.0500. The Balaban J connectivity index is 2.56. The molecule has 1 rings (SSSR count). The average Bonchev–Trinajstić information content (AvgIpc) is 3.00. The van der Waals surface area contributed by atoms with Gasteiger partial charge in [0.15, 0.2) is 11.5 Å². The van der Waals surface area contributed by atoms with Crippen LogP contribution in [0.4, 0.5) is 0 Å². The van der Waals surface area contributed by atoms with Gasteiger partial charge in [-0.2, -0.15) is 0 Å². The molecule has 0 bridgehead atoms. The number of aliphatic hydroxyl groups is 2. The third-order valence-electron chi connectivity index (χ3n) is 3.71. The second kappa shape index (κ2) is 10.8. The highest BCUT2D eigenvalue weighted by Crippen LogP contribution is 2.17. The van der Waals surface area contributed by atoms with Crippen LogP contribution in [0.25, 0.3) is 6.08 Å². The van der Waals surface area contributed by atoms with E-state index in [0.29, 0.717) is 12.0 Å². The largest absolute Gasteiger partial charge is 0.481 e. The molecule has 0 spiro atoms. The number of carboxylic acid groups (broad SMARTS) is 1. The molecule has 0 amide bonds. The van der Waals surface area contributed by atoms with Gasteiger partial charge in [-0.3, -0.25) is 9.59 Å². The summed E-state index contributed by atoms with van der Waals surface area (Å²) in [6.45, 7) is 2.06. The number of hydrogen-bond acceptors (Lipinski definition) is 5. The molecule has 1 aromatic heterocycles. The SMILES string of the molecule is CCCCCC(=O)c1occc1/C=C/[C@@H](O)[C@@H](O)CCCC(=O)O. The molecular formula is C18H26O6. The average molecular weight is 338 g/mol. The van der Waals surface area contributed by atoms with E-state index in [0.717, 1.165) is 19.3 Å². The molecule has 0 saturated carbocycles. The van der Waals surface area contributed by atoms with Gasteiger partial charge in [-0.25, -0.2) is 0 Å². The number of carbonyl (C=O) groups is 2. The van der Waals surface area contributed by atoms with Gasteiger partial charge in [0, 0.05) is 18.4 Å². The minimum atomic E-state index is -1.13. The maximum absolute atomic E-state index is 12.1. The van der Waals surface area contributed by atoms with Crippen molar-refractivity contribution in [2.75, 3.05) is 0 Å². The zero-order valence-corrected chi connectivity index (χ0v) is 14.0. The molecule has 2 atom stereocenters. The summed E-state index contributed by atoms with van der Waals surface area (Å²) in [5, 5.41) is 28.2. The Bertz CT molecular complexity index is 545. The standard InChI is InChI=1S/C18H26O6/c1-2-3-4-6-16(21)18-13(11-12-24-18)9-10-15(20)14(19)7-5-8-17(22)23/h9-12,14-15,19-20H,2-8H2,1H3,(H,22,23)/b10-9+/t14-,15+/m0/s1. The molecule has 0 radical (unpaired) electrons. The van der Waals surface area contributed by atoms with E-state index in [1.807, 2.05) is 0 Å². The van der Waals surface area contributed by atoms with Gasteiger partial charge in [-0.15, -0.1) is 0 Å². The number of unbranched alkanes of at least 4 members (excludes halogenated alkanes) is 2. The number of aliphatic hydroxyl groups excluding tert-OH is 2. The van der Waals surface area contributed by atoms with Crippen molar-refractivity contribution in [2.24, 2.45) is 0 Å².